The lowest BCUT2D eigenvalue weighted by Gasteiger charge is -2.32. The number of thiophene rings is 1. The lowest BCUT2D eigenvalue weighted by molar-refractivity contribution is 0.0923. The van der Waals surface area contributed by atoms with Gasteiger partial charge >= 0.3 is 0 Å². The Balaban J connectivity index is 1.38. The monoisotopic (exact) mass is 320 g/mol. The summed E-state index contributed by atoms with van der Waals surface area (Å²) >= 11 is 1.59. The molecule has 4 nitrogen and oxygen atoms in total. The summed E-state index contributed by atoms with van der Waals surface area (Å²) in [5.41, 5.74) is 0.254. The summed E-state index contributed by atoms with van der Waals surface area (Å²) in [6.45, 7) is 4.07. The van der Waals surface area contributed by atoms with Gasteiger partial charge in [0.2, 0.25) is 0 Å². The van der Waals surface area contributed by atoms with E-state index < -0.39 is 0 Å². The van der Waals surface area contributed by atoms with Gasteiger partial charge in [-0.05, 0) is 63.7 Å². The average molecular weight is 320 g/mol. The van der Waals surface area contributed by atoms with E-state index in [1.165, 1.54) is 43.6 Å². The maximum absolute atomic E-state index is 12.5. The zero-order valence-corrected chi connectivity index (χ0v) is 13.8. The van der Waals surface area contributed by atoms with E-state index >= 15 is 0 Å². The molecule has 22 heavy (non-hydrogen) atoms. The highest BCUT2D eigenvalue weighted by Gasteiger charge is 2.44. The summed E-state index contributed by atoms with van der Waals surface area (Å²) in [4.78, 5) is 17.1. The molecule has 5 heteroatoms. The average Bonchev–Trinajstić information content (AvgIpc) is 3.26. The Labute approximate surface area is 135 Å². The maximum Gasteiger partial charge on any atom is 0.261 e. The standard InChI is InChI=1S/C17H24N2O2S/c20-16(15-6-5-14(22-15)13-4-1-11-21-13)18-12-17-7-2-9-19(17)10-3-8-17/h5-6,13H,1-4,7-12H2,(H,18,20)/t13-/m0/s1. The number of rotatable bonds is 4. The zero-order chi connectivity index (χ0) is 15.0. The Hall–Kier alpha value is -0.910. The number of nitrogens with one attached hydrogen (secondary N) is 1. The van der Waals surface area contributed by atoms with Crippen molar-refractivity contribution in [3.05, 3.63) is 21.9 Å². The minimum Gasteiger partial charge on any atom is -0.373 e. The quantitative estimate of drug-likeness (QED) is 0.927. The molecule has 120 valence electrons. The molecule has 1 atom stereocenters. The molecule has 4 rings (SSSR count). The Morgan fingerprint density at radius 3 is 2.86 bits per heavy atom. The third-order valence-corrected chi connectivity index (χ3v) is 6.66. The van der Waals surface area contributed by atoms with Gasteiger partial charge in [0.1, 0.15) is 0 Å². The van der Waals surface area contributed by atoms with Gasteiger partial charge < -0.3 is 10.1 Å². The van der Waals surface area contributed by atoms with E-state index in [2.05, 4.69) is 16.3 Å². The summed E-state index contributed by atoms with van der Waals surface area (Å²) in [5.74, 6) is 0.0855. The molecule has 0 radical (unpaired) electrons. The van der Waals surface area contributed by atoms with Gasteiger partial charge in [-0.2, -0.15) is 0 Å². The van der Waals surface area contributed by atoms with Crippen LogP contribution in [0.3, 0.4) is 0 Å². The molecule has 0 unspecified atom stereocenters. The molecule has 4 heterocycles. The molecule has 3 aliphatic heterocycles. The van der Waals surface area contributed by atoms with Crippen molar-refractivity contribution in [1.82, 2.24) is 10.2 Å². The number of ether oxygens (including phenoxy) is 1. The number of hydrogen-bond donors (Lipinski definition) is 1. The second-order valence-electron chi connectivity index (χ2n) is 6.80. The molecule has 0 bridgehead atoms. The molecule has 3 fully saturated rings. The molecular formula is C17H24N2O2S. The highest BCUT2D eigenvalue weighted by atomic mass is 32.1. The van der Waals surface area contributed by atoms with E-state index in [9.17, 15) is 4.79 Å². The SMILES string of the molecule is O=C(NCC12CCCN1CCC2)c1ccc([C@@H]2CCCO2)s1. The predicted octanol–water partition coefficient (Wildman–Crippen LogP) is 2.96. The van der Waals surface area contributed by atoms with Crippen LogP contribution in [0.4, 0.5) is 0 Å². The van der Waals surface area contributed by atoms with Gasteiger partial charge in [-0.3, -0.25) is 9.69 Å². The van der Waals surface area contributed by atoms with Gasteiger partial charge in [-0.15, -0.1) is 11.3 Å². The molecule has 1 aromatic heterocycles. The molecule has 1 N–H and O–H groups in total. The summed E-state index contributed by atoms with van der Waals surface area (Å²) in [6.07, 6.45) is 7.45. The second kappa shape index (κ2) is 5.95. The number of carbonyl (C=O) groups excluding carboxylic acids is 1. The van der Waals surface area contributed by atoms with Crippen LogP contribution in [0.5, 0.6) is 0 Å². The Bertz CT molecular complexity index is 541. The lowest BCUT2D eigenvalue weighted by atomic mass is 9.94. The Morgan fingerprint density at radius 1 is 1.32 bits per heavy atom. The first kappa shape index (κ1) is 14.7. The van der Waals surface area contributed by atoms with Gasteiger partial charge in [0.25, 0.3) is 5.91 Å². The Morgan fingerprint density at radius 2 is 2.14 bits per heavy atom. The Kier molecular flexibility index (Phi) is 3.96. The van der Waals surface area contributed by atoms with Gasteiger partial charge in [0.15, 0.2) is 0 Å². The van der Waals surface area contributed by atoms with Crippen molar-refractivity contribution in [2.24, 2.45) is 0 Å². The minimum atomic E-state index is 0.0855. The zero-order valence-electron chi connectivity index (χ0n) is 13.0. The van der Waals surface area contributed by atoms with Crippen molar-refractivity contribution in [2.45, 2.75) is 50.2 Å². The van der Waals surface area contributed by atoms with E-state index in [1.54, 1.807) is 11.3 Å². The summed E-state index contributed by atoms with van der Waals surface area (Å²) in [7, 11) is 0. The summed E-state index contributed by atoms with van der Waals surface area (Å²) in [5, 5.41) is 3.20. The van der Waals surface area contributed by atoms with Crippen LogP contribution in [0.15, 0.2) is 12.1 Å². The van der Waals surface area contributed by atoms with Crippen molar-refractivity contribution in [1.29, 1.82) is 0 Å². The number of amides is 1. The van der Waals surface area contributed by atoms with Gasteiger partial charge in [0.05, 0.1) is 11.0 Å². The van der Waals surface area contributed by atoms with E-state index in [4.69, 9.17) is 4.74 Å². The lowest BCUT2D eigenvalue weighted by Crippen LogP contribution is -2.48. The third kappa shape index (κ3) is 2.59. The number of fused-ring (bicyclic) bond motifs is 1. The van der Waals surface area contributed by atoms with Crippen LogP contribution in [0.1, 0.15) is 59.2 Å². The normalized spacial score (nSPS) is 27.2. The third-order valence-electron chi connectivity index (χ3n) is 5.49. The molecular weight excluding hydrogens is 296 g/mol. The number of hydrogen-bond acceptors (Lipinski definition) is 4. The van der Waals surface area contributed by atoms with Crippen molar-refractivity contribution in [2.75, 3.05) is 26.2 Å². The predicted molar refractivity (Wildman–Crippen MR) is 87.4 cm³/mol. The summed E-state index contributed by atoms with van der Waals surface area (Å²) < 4.78 is 5.70. The number of carbonyl (C=O) groups is 1. The molecule has 1 amide bonds. The van der Waals surface area contributed by atoms with Gasteiger partial charge in [-0.25, -0.2) is 0 Å². The highest BCUT2D eigenvalue weighted by Crippen LogP contribution is 2.38. The fraction of sp³-hybridized carbons (Fsp3) is 0.706. The van der Waals surface area contributed by atoms with E-state index in [-0.39, 0.29) is 17.6 Å². The van der Waals surface area contributed by atoms with Crippen molar-refractivity contribution in [3.8, 4) is 0 Å². The van der Waals surface area contributed by atoms with E-state index in [0.29, 0.717) is 0 Å². The van der Waals surface area contributed by atoms with Crippen molar-refractivity contribution >= 4 is 17.2 Å². The summed E-state index contributed by atoms with van der Waals surface area (Å²) in [6, 6.07) is 4.01. The van der Waals surface area contributed by atoms with Gasteiger partial charge in [-0.1, -0.05) is 0 Å². The molecule has 0 saturated carbocycles. The van der Waals surface area contributed by atoms with Crippen LogP contribution in [0, 0.1) is 0 Å². The first-order chi connectivity index (χ1) is 10.8. The first-order valence-corrected chi connectivity index (χ1v) is 9.33. The topological polar surface area (TPSA) is 41.6 Å². The number of nitrogens with zero attached hydrogens (tertiary/aromatic N) is 1. The minimum absolute atomic E-state index is 0.0855. The van der Waals surface area contributed by atoms with Crippen LogP contribution < -0.4 is 5.32 Å². The van der Waals surface area contributed by atoms with E-state index in [0.717, 1.165) is 30.9 Å². The molecule has 0 aromatic carbocycles. The first-order valence-electron chi connectivity index (χ1n) is 8.51. The second-order valence-corrected chi connectivity index (χ2v) is 7.92. The van der Waals surface area contributed by atoms with Crippen LogP contribution in [0.25, 0.3) is 0 Å². The van der Waals surface area contributed by atoms with Crippen LogP contribution in [-0.4, -0.2) is 42.6 Å². The van der Waals surface area contributed by atoms with Crippen molar-refractivity contribution in [3.63, 3.8) is 0 Å². The maximum atomic E-state index is 12.5. The fourth-order valence-corrected chi connectivity index (χ4v) is 5.30. The van der Waals surface area contributed by atoms with Crippen LogP contribution in [-0.2, 0) is 4.74 Å². The fourth-order valence-electron chi connectivity index (χ4n) is 4.30. The van der Waals surface area contributed by atoms with Crippen LogP contribution in [0.2, 0.25) is 0 Å². The van der Waals surface area contributed by atoms with Crippen molar-refractivity contribution < 1.29 is 9.53 Å². The largest absolute Gasteiger partial charge is 0.373 e. The molecule has 3 saturated heterocycles. The molecule has 1 aromatic rings. The smallest absolute Gasteiger partial charge is 0.261 e. The molecule has 0 spiro atoms. The molecule has 0 aliphatic carbocycles. The highest BCUT2D eigenvalue weighted by molar-refractivity contribution is 7.14. The van der Waals surface area contributed by atoms with Gasteiger partial charge in [0, 0.05) is 23.6 Å². The van der Waals surface area contributed by atoms with Crippen LogP contribution >= 0.6 is 11.3 Å². The van der Waals surface area contributed by atoms with E-state index in [1.807, 2.05) is 6.07 Å². The molecule has 3 aliphatic rings.